The standard InChI is InChI=1S/C15H24N2O3S/c1-12(2)14-6-8-15(9-7-14)21(19,20)17-11-5-4-10-16-13(3)18/h6-9,12,17H,4-5,10-11H2,1-3H3,(H,16,18). The van der Waals surface area contributed by atoms with E-state index in [1.807, 2.05) is 12.1 Å². The molecule has 0 aliphatic carbocycles. The van der Waals surface area contributed by atoms with E-state index < -0.39 is 10.0 Å². The van der Waals surface area contributed by atoms with E-state index in [0.717, 1.165) is 12.0 Å². The summed E-state index contributed by atoms with van der Waals surface area (Å²) in [5.74, 6) is 0.310. The van der Waals surface area contributed by atoms with Gasteiger partial charge in [0.15, 0.2) is 0 Å². The van der Waals surface area contributed by atoms with Crippen molar-refractivity contribution in [3.63, 3.8) is 0 Å². The highest BCUT2D eigenvalue weighted by atomic mass is 32.2. The molecule has 21 heavy (non-hydrogen) atoms. The van der Waals surface area contributed by atoms with Crippen LogP contribution in [0.5, 0.6) is 0 Å². The third-order valence-corrected chi connectivity index (χ3v) is 4.60. The molecule has 0 aliphatic rings. The van der Waals surface area contributed by atoms with Gasteiger partial charge in [-0.15, -0.1) is 0 Å². The van der Waals surface area contributed by atoms with Crippen molar-refractivity contribution in [2.75, 3.05) is 13.1 Å². The molecule has 2 N–H and O–H groups in total. The van der Waals surface area contributed by atoms with Crippen LogP contribution in [0.2, 0.25) is 0 Å². The maximum atomic E-state index is 12.1. The number of sulfonamides is 1. The lowest BCUT2D eigenvalue weighted by Gasteiger charge is -2.09. The van der Waals surface area contributed by atoms with Crippen LogP contribution in [-0.2, 0) is 14.8 Å². The van der Waals surface area contributed by atoms with E-state index in [1.54, 1.807) is 12.1 Å². The number of amides is 1. The minimum atomic E-state index is -3.44. The van der Waals surface area contributed by atoms with Gasteiger partial charge in [0.2, 0.25) is 15.9 Å². The fourth-order valence-electron chi connectivity index (χ4n) is 1.84. The van der Waals surface area contributed by atoms with E-state index >= 15 is 0 Å². The van der Waals surface area contributed by atoms with E-state index in [0.29, 0.717) is 25.4 Å². The van der Waals surface area contributed by atoms with E-state index in [2.05, 4.69) is 23.9 Å². The Bertz CT molecular complexity index is 551. The van der Waals surface area contributed by atoms with Crippen molar-refractivity contribution in [2.24, 2.45) is 0 Å². The quantitative estimate of drug-likeness (QED) is 0.721. The Hall–Kier alpha value is -1.40. The number of unbranched alkanes of at least 4 members (excludes halogenated alkanes) is 1. The van der Waals surface area contributed by atoms with Crippen molar-refractivity contribution in [1.82, 2.24) is 10.0 Å². The first-order valence-corrected chi connectivity index (χ1v) is 8.65. The molecule has 1 amide bonds. The zero-order valence-electron chi connectivity index (χ0n) is 12.8. The summed E-state index contributed by atoms with van der Waals surface area (Å²) in [6, 6.07) is 6.95. The van der Waals surface area contributed by atoms with Gasteiger partial charge in [-0.3, -0.25) is 4.79 Å². The zero-order valence-corrected chi connectivity index (χ0v) is 13.7. The number of carbonyl (C=O) groups excluding carboxylic acids is 1. The van der Waals surface area contributed by atoms with Crippen LogP contribution < -0.4 is 10.0 Å². The van der Waals surface area contributed by atoms with Crippen molar-refractivity contribution >= 4 is 15.9 Å². The van der Waals surface area contributed by atoms with Crippen LogP contribution in [0.4, 0.5) is 0 Å². The Morgan fingerprint density at radius 1 is 1.10 bits per heavy atom. The summed E-state index contributed by atoms with van der Waals surface area (Å²) >= 11 is 0. The van der Waals surface area contributed by atoms with E-state index in [4.69, 9.17) is 0 Å². The average Bonchev–Trinajstić information content (AvgIpc) is 2.42. The highest BCUT2D eigenvalue weighted by Gasteiger charge is 2.13. The highest BCUT2D eigenvalue weighted by Crippen LogP contribution is 2.17. The molecule has 1 rings (SSSR count). The summed E-state index contributed by atoms with van der Waals surface area (Å²) in [4.78, 5) is 11.0. The fourth-order valence-corrected chi connectivity index (χ4v) is 2.91. The molecule has 0 aromatic heterocycles. The van der Waals surface area contributed by atoms with Crippen LogP contribution in [0, 0.1) is 0 Å². The van der Waals surface area contributed by atoms with E-state index in [9.17, 15) is 13.2 Å². The van der Waals surface area contributed by atoms with Crippen molar-refractivity contribution in [2.45, 2.75) is 44.4 Å². The largest absolute Gasteiger partial charge is 0.356 e. The lowest BCUT2D eigenvalue weighted by atomic mass is 10.0. The molecule has 0 fully saturated rings. The molecule has 1 aromatic rings. The van der Waals surface area contributed by atoms with Crippen LogP contribution in [0.3, 0.4) is 0 Å². The summed E-state index contributed by atoms with van der Waals surface area (Å²) in [6.45, 7) is 6.53. The molecule has 0 aliphatic heterocycles. The van der Waals surface area contributed by atoms with Crippen molar-refractivity contribution in [3.8, 4) is 0 Å². The molecule has 0 atom stereocenters. The average molecular weight is 312 g/mol. The molecule has 6 heteroatoms. The summed E-state index contributed by atoms with van der Waals surface area (Å²) in [6.07, 6.45) is 1.43. The number of rotatable bonds is 8. The molecule has 0 unspecified atom stereocenters. The minimum absolute atomic E-state index is 0.0687. The van der Waals surface area contributed by atoms with Gasteiger partial charge in [-0.2, -0.15) is 0 Å². The molecular weight excluding hydrogens is 288 g/mol. The second-order valence-electron chi connectivity index (χ2n) is 5.31. The molecule has 0 bridgehead atoms. The van der Waals surface area contributed by atoms with Gasteiger partial charge in [0.25, 0.3) is 0 Å². The third kappa shape index (κ3) is 6.27. The predicted octanol–water partition coefficient (Wildman–Crippen LogP) is 2.00. The van der Waals surface area contributed by atoms with Crippen LogP contribution in [-0.4, -0.2) is 27.4 Å². The van der Waals surface area contributed by atoms with E-state index in [-0.39, 0.29) is 10.8 Å². The summed E-state index contributed by atoms with van der Waals surface area (Å²) in [5.41, 5.74) is 1.12. The Kier molecular flexibility index (Phi) is 6.84. The lowest BCUT2D eigenvalue weighted by Crippen LogP contribution is -2.26. The van der Waals surface area contributed by atoms with Crippen LogP contribution in [0.25, 0.3) is 0 Å². The monoisotopic (exact) mass is 312 g/mol. The molecule has 0 radical (unpaired) electrons. The first-order chi connectivity index (χ1) is 9.83. The second kappa shape index (κ2) is 8.14. The van der Waals surface area contributed by atoms with Crippen molar-refractivity contribution in [1.29, 1.82) is 0 Å². The van der Waals surface area contributed by atoms with Gasteiger partial charge < -0.3 is 5.32 Å². The Labute approximate surface area is 127 Å². The maximum absolute atomic E-state index is 12.1. The van der Waals surface area contributed by atoms with Gasteiger partial charge in [0, 0.05) is 20.0 Å². The van der Waals surface area contributed by atoms with Gasteiger partial charge in [-0.1, -0.05) is 26.0 Å². The molecule has 0 spiro atoms. The summed E-state index contributed by atoms with van der Waals surface area (Å²) in [5, 5.41) is 2.68. The predicted molar refractivity (Wildman–Crippen MR) is 83.6 cm³/mol. The smallest absolute Gasteiger partial charge is 0.240 e. The number of nitrogens with one attached hydrogen (secondary N) is 2. The molecular formula is C15H24N2O3S. The van der Waals surface area contributed by atoms with Gasteiger partial charge in [-0.05, 0) is 36.5 Å². The molecule has 0 saturated carbocycles. The SMILES string of the molecule is CC(=O)NCCCCNS(=O)(=O)c1ccc(C(C)C)cc1. The van der Waals surface area contributed by atoms with Crippen molar-refractivity contribution in [3.05, 3.63) is 29.8 Å². The topological polar surface area (TPSA) is 75.3 Å². The molecule has 1 aromatic carbocycles. The molecule has 0 saturated heterocycles. The Morgan fingerprint density at radius 3 is 2.19 bits per heavy atom. The lowest BCUT2D eigenvalue weighted by molar-refractivity contribution is -0.118. The normalized spacial score (nSPS) is 11.6. The first-order valence-electron chi connectivity index (χ1n) is 7.17. The van der Waals surface area contributed by atoms with Crippen LogP contribution in [0.15, 0.2) is 29.2 Å². The summed E-state index contributed by atoms with van der Waals surface area (Å²) in [7, 11) is -3.44. The third-order valence-electron chi connectivity index (χ3n) is 3.13. The van der Waals surface area contributed by atoms with Crippen LogP contribution >= 0.6 is 0 Å². The van der Waals surface area contributed by atoms with Crippen molar-refractivity contribution < 1.29 is 13.2 Å². The number of hydrogen-bond acceptors (Lipinski definition) is 3. The van der Waals surface area contributed by atoms with Gasteiger partial charge in [0.05, 0.1) is 4.90 Å². The Morgan fingerprint density at radius 2 is 1.67 bits per heavy atom. The second-order valence-corrected chi connectivity index (χ2v) is 7.08. The number of carbonyl (C=O) groups is 1. The fraction of sp³-hybridized carbons (Fsp3) is 0.533. The van der Waals surface area contributed by atoms with Gasteiger partial charge in [0.1, 0.15) is 0 Å². The summed E-state index contributed by atoms with van der Waals surface area (Å²) < 4.78 is 26.7. The zero-order chi connectivity index (χ0) is 15.9. The molecule has 118 valence electrons. The number of hydrogen-bond donors (Lipinski definition) is 2. The molecule has 0 heterocycles. The Balaban J connectivity index is 2.44. The first kappa shape index (κ1) is 17.7. The number of benzene rings is 1. The van der Waals surface area contributed by atoms with Gasteiger partial charge >= 0.3 is 0 Å². The minimum Gasteiger partial charge on any atom is -0.356 e. The van der Waals surface area contributed by atoms with Crippen LogP contribution in [0.1, 0.15) is 45.1 Å². The van der Waals surface area contributed by atoms with E-state index in [1.165, 1.54) is 6.92 Å². The molecule has 5 nitrogen and oxygen atoms in total. The highest BCUT2D eigenvalue weighted by molar-refractivity contribution is 7.89. The maximum Gasteiger partial charge on any atom is 0.240 e. The van der Waals surface area contributed by atoms with Gasteiger partial charge in [-0.25, -0.2) is 13.1 Å².